The first-order valence-corrected chi connectivity index (χ1v) is 8.57. The molecule has 2 aliphatic rings. The predicted molar refractivity (Wildman–Crippen MR) is 56.5 cm³/mol. The van der Waals surface area contributed by atoms with Gasteiger partial charge in [0.05, 0.1) is 0 Å². The summed E-state index contributed by atoms with van der Waals surface area (Å²) in [5.41, 5.74) is 1.63. The average Bonchev–Trinajstić information content (AvgIpc) is 2.58. The van der Waals surface area contributed by atoms with E-state index >= 15 is 0 Å². The van der Waals surface area contributed by atoms with Crippen LogP contribution in [0, 0.1) is 11.8 Å². The van der Waals surface area contributed by atoms with Crippen LogP contribution in [0.1, 0.15) is 25.7 Å². The molecule has 0 spiro atoms. The first kappa shape index (κ1) is 9.47. The van der Waals surface area contributed by atoms with Crippen molar-refractivity contribution < 1.29 is 4.80 Å². The second-order valence-corrected chi connectivity index (χ2v) is 9.29. The Bertz CT molecular complexity index is 227. The quantitative estimate of drug-likeness (QED) is 0.486. The molecule has 0 heterocycles. The molecule has 0 aliphatic heterocycles. The Morgan fingerprint density at radius 3 is 2.69 bits per heavy atom. The van der Waals surface area contributed by atoms with Crippen LogP contribution in [-0.4, -0.2) is 8.32 Å². The Morgan fingerprint density at radius 1 is 1.46 bits per heavy atom. The van der Waals surface area contributed by atoms with E-state index in [0.717, 1.165) is 24.3 Å². The van der Waals surface area contributed by atoms with Crippen molar-refractivity contribution >= 4 is 8.32 Å². The van der Waals surface area contributed by atoms with Crippen molar-refractivity contribution in [3.05, 3.63) is 11.6 Å². The van der Waals surface area contributed by atoms with Gasteiger partial charge >= 0.3 is 0 Å². The zero-order valence-electron chi connectivity index (χ0n) is 8.68. The molecule has 0 saturated heterocycles. The largest absolute Gasteiger partial charge is 0.298 e. The molecule has 2 aliphatic carbocycles. The van der Waals surface area contributed by atoms with Crippen LogP contribution in [0.4, 0.5) is 0 Å². The molecule has 1 saturated carbocycles. The molecular formula is C11H19OSi. The third-order valence-electron chi connectivity index (χ3n) is 3.46. The first-order chi connectivity index (χ1) is 6.04. The lowest BCUT2D eigenvalue weighted by Crippen LogP contribution is -2.22. The molecule has 1 radical (unpaired) electrons. The highest BCUT2D eigenvalue weighted by molar-refractivity contribution is 6.69. The highest BCUT2D eigenvalue weighted by Crippen LogP contribution is 2.45. The lowest BCUT2D eigenvalue weighted by atomic mass is 9.97. The average molecular weight is 195 g/mol. The maximum Gasteiger partial charge on any atom is 0.231 e. The molecule has 2 atom stereocenters. The van der Waals surface area contributed by atoms with E-state index in [1.54, 1.807) is 5.57 Å². The van der Waals surface area contributed by atoms with Crippen molar-refractivity contribution in [2.75, 3.05) is 0 Å². The summed E-state index contributed by atoms with van der Waals surface area (Å²) in [6.07, 6.45) is 7.79. The normalized spacial score (nSPS) is 32.4. The van der Waals surface area contributed by atoms with Gasteiger partial charge in [0.1, 0.15) is 0 Å². The maximum absolute atomic E-state index is 11.6. The second-order valence-electron chi connectivity index (χ2n) is 5.27. The summed E-state index contributed by atoms with van der Waals surface area (Å²) in [4.78, 5) is 11.6. The zero-order chi connectivity index (χ0) is 9.47. The van der Waals surface area contributed by atoms with Gasteiger partial charge in [-0.25, -0.2) is 0 Å². The minimum absolute atomic E-state index is 0.876. The van der Waals surface area contributed by atoms with E-state index in [-0.39, 0.29) is 0 Å². The Labute approximate surface area is 82.0 Å². The first-order valence-electron chi connectivity index (χ1n) is 5.45. The van der Waals surface area contributed by atoms with Crippen LogP contribution in [-0.2, 0) is 4.80 Å². The van der Waals surface area contributed by atoms with Gasteiger partial charge in [0, 0.05) is 0 Å². The van der Waals surface area contributed by atoms with E-state index in [4.69, 9.17) is 0 Å². The fraction of sp³-hybridized carbons (Fsp3) is 0.818. The number of allylic oxidation sites excluding steroid dienone is 2. The van der Waals surface area contributed by atoms with Crippen molar-refractivity contribution in [2.24, 2.45) is 11.8 Å². The molecule has 1 nitrogen and oxygen atoms in total. The minimum Gasteiger partial charge on any atom is -0.298 e. The van der Waals surface area contributed by atoms with Gasteiger partial charge < -0.3 is 0 Å². The van der Waals surface area contributed by atoms with Gasteiger partial charge in [-0.05, 0) is 56.7 Å². The SMILES string of the molecule is C[Si](C)([O])CCC1=CC2CCC1C2. The summed E-state index contributed by atoms with van der Waals surface area (Å²) in [5, 5.41) is 0. The summed E-state index contributed by atoms with van der Waals surface area (Å²) in [5.74, 6) is 1.76. The molecule has 0 N–H and O–H groups in total. The summed E-state index contributed by atoms with van der Waals surface area (Å²) in [6.45, 7) is 3.86. The van der Waals surface area contributed by atoms with Crippen LogP contribution < -0.4 is 0 Å². The molecule has 13 heavy (non-hydrogen) atoms. The van der Waals surface area contributed by atoms with Gasteiger partial charge in [0.2, 0.25) is 8.32 Å². The van der Waals surface area contributed by atoms with Gasteiger partial charge in [0.25, 0.3) is 0 Å². The Hall–Kier alpha value is -0.0831. The summed E-state index contributed by atoms with van der Waals surface area (Å²) >= 11 is 0. The van der Waals surface area contributed by atoms with Crippen LogP contribution in [0.3, 0.4) is 0 Å². The van der Waals surface area contributed by atoms with Crippen molar-refractivity contribution in [1.82, 2.24) is 0 Å². The molecule has 2 heteroatoms. The lowest BCUT2D eigenvalue weighted by Gasteiger charge is -2.16. The highest BCUT2D eigenvalue weighted by atomic mass is 28.4. The smallest absolute Gasteiger partial charge is 0.231 e. The van der Waals surface area contributed by atoms with E-state index in [0.29, 0.717) is 0 Å². The molecule has 0 amide bonds. The predicted octanol–water partition coefficient (Wildman–Crippen LogP) is 3.37. The summed E-state index contributed by atoms with van der Waals surface area (Å²) in [6, 6.07) is 0.946. The summed E-state index contributed by atoms with van der Waals surface area (Å²) < 4.78 is 0. The number of hydrogen-bond acceptors (Lipinski definition) is 0. The van der Waals surface area contributed by atoms with E-state index < -0.39 is 8.32 Å². The molecule has 1 fully saturated rings. The van der Waals surface area contributed by atoms with Crippen LogP contribution in [0.25, 0.3) is 0 Å². The van der Waals surface area contributed by atoms with Crippen LogP contribution in [0.15, 0.2) is 11.6 Å². The van der Waals surface area contributed by atoms with Crippen molar-refractivity contribution in [3.63, 3.8) is 0 Å². The lowest BCUT2D eigenvalue weighted by molar-refractivity contribution is 0.426. The van der Waals surface area contributed by atoms with Gasteiger partial charge in [-0.1, -0.05) is 11.6 Å². The Morgan fingerprint density at radius 2 is 2.23 bits per heavy atom. The highest BCUT2D eigenvalue weighted by Gasteiger charge is 2.33. The Balaban J connectivity index is 1.87. The van der Waals surface area contributed by atoms with Gasteiger partial charge in [0.15, 0.2) is 0 Å². The number of fused-ring (bicyclic) bond motifs is 2. The van der Waals surface area contributed by atoms with Gasteiger partial charge in [-0.3, -0.25) is 4.80 Å². The van der Waals surface area contributed by atoms with Crippen LogP contribution >= 0.6 is 0 Å². The topological polar surface area (TPSA) is 19.9 Å². The van der Waals surface area contributed by atoms with Crippen molar-refractivity contribution in [2.45, 2.75) is 44.8 Å². The van der Waals surface area contributed by atoms with E-state index in [2.05, 4.69) is 6.08 Å². The Kier molecular flexibility index (Phi) is 2.36. The van der Waals surface area contributed by atoms with Crippen LogP contribution in [0.2, 0.25) is 19.1 Å². The van der Waals surface area contributed by atoms with E-state index in [1.807, 2.05) is 13.1 Å². The fourth-order valence-electron chi connectivity index (χ4n) is 2.68. The van der Waals surface area contributed by atoms with Crippen molar-refractivity contribution in [1.29, 1.82) is 0 Å². The fourth-order valence-corrected chi connectivity index (χ4v) is 3.57. The van der Waals surface area contributed by atoms with Crippen molar-refractivity contribution in [3.8, 4) is 0 Å². The number of hydrogen-bond donors (Lipinski definition) is 0. The third kappa shape index (κ3) is 2.23. The van der Waals surface area contributed by atoms with E-state index in [9.17, 15) is 4.80 Å². The zero-order valence-corrected chi connectivity index (χ0v) is 9.68. The molecule has 0 aromatic heterocycles. The molecule has 73 valence electrons. The monoisotopic (exact) mass is 195 g/mol. The number of rotatable bonds is 3. The van der Waals surface area contributed by atoms with Gasteiger partial charge in [-0.15, -0.1) is 0 Å². The third-order valence-corrected chi connectivity index (χ3v) is 4.92. The van der Waals surface area contributed by atoms with E-state index in [1.165, 1.54) is 19.3 Å². The molecule has 0 aromatic rings. The molecule has 0 aromatic carbocycles. The molecule has 2 rings (SSSR count). The minimum atomic E-state index is -2.04. The standard InChI is InChI=1S/C11H19OSi/c1-13(2,12)6-5-11-8-9-3-4-10(11)7-9/h8-10H,3-7H2,1-2H3. The summed E-state index contributed by atoms with van der Waals surface area (Å²) in [7, 11) is -2.04. The molecule has 2 bridgehead atoms. The van der Waals surface area contributed by atoms with Crippen LogP contribution in [0.5, 0.6) is 0 Å². The molecule has 2 unspecified atom stereocenters. The van der Waals surface area contributed by atoms with Gasteiger partial charge in [-0.2, -0.15) is 0 Å². The molecular weight excluding hydrogens is 176 g/mol. The maximum atomic E-state index is 11.6. The second kappa shape index (κ2) is 3.25.